The number of rotatable bonds is 6. The van der Waals surface area contributed by atoms with Crippen molar-refractivity contribution in [2.75, 3.05) is 19.4 Å². The van der Waals surface area contributed by atoms with Gasteiger partial charge in [-0.05, 0) is 55.9 Å². The van der Waals surface area contributed by atoms with Crippen molar-refractivity contribution < 1.29 is 0 Å². The standard InChI is InChI=1S/C21H24N4/c1-4-5-6-16-9-12-20-18(13-16)14-22-21(24-20)23-19-10-7-17(8-11-19)15-25(2)3/h5-14H,4,15H2,1-3H3,(H,22,23,24). The van der Waals surface area contributed by atoms with E-state index in [1.807, 2.05) is 12.3 Å². The number of hydrogen-bond donors (Lipinski definition) is 1. The quantitative estimate of drug-likeness (QED) is 0.700. The van der Waals surface area contributed by atoms with E-state index in [4.69, 9.17) is 0 Å². The fourth-order valence-electron chi connectivity index (χ4n) is 2.66. The zero-order valence-corrected chi connectivity index (χ0v) is 15.0. The Morgan fingerprint density at radius 1 is 1.08 bits per heavy atom. The second-order valence-corrected chi connectivity index (χ2v) is 6.38. The van der Waals surface area contributed by atoms with Crippen LogP contribution in [0.25, 0.3) is 17.0 Å². The van der Waals surface area contributed by atoms with Gasteiger partial charge in [0, 0.05) is 23.8 Å². The van der Waals surface area contributed by atoms with Gasteiger partial charge >= 0.3 is 0 Å². The first-order valence-electron chi connectivity index (χ1n) is 8.58. The van der Waals surface area contributed by atoms with Gasteiger partial charge in [-0.15, -0.1) is 0 Å². The molecule has 4 heteroatoms. The third kappa shape index (κ3) is 4.64. The molecule has 0 saturated heterocycles. The smallest absolute Gasteiger partial charge is 0.227 e. The Hall–Kier alpha value is -2.72. The van der Waals surface area contributed by atoms with E-state index in [1.54, 1.807) is 0 Å². The molecular weight excluding hydrogens is 308 g/mol. The van der Waals surface area contributed by atoms with Gasteiger partial charge < -0.3 is 10.2 Å². The summed E-state index contributed by atoms with van der Waals surface area (Å²) in [5, 5.41) is 4.32. The van der Waals surface area contributed by atoms with Gasteiger partial charge in [-0.25, -0.2) is 9.97 Å². The second kappa shape index (κ2) is 7.90. The highest BCUT2D eigenvalue weighted by Gasteiger charge is 2.02. The molecule has 0 saturated carbocycles. The van der Waals surface area contributed by atoms with Gasteiger partial charge in [0.25, 0.3) is 0 Å². The fraction of sp³-hybridized carbons (Fsp3) is 0.238. The Balaban J connectivity index is 1.76. The lowest BCUT2D eigenvalue weighted by Crippen LogP contribution is -2.10. The molecule has 1 aromatic heterocycles. The van der Waals surface area contributed by atoms with Crippen molar-refractivity contribution in [2.45, 2.75) is 19.9 Å². The van der Waals surface area contributed by atoms with Crippen LogP contribution in [0, 0.1) is 0 Å². The lowest BCUT2D eigenvalue weighted by molar-refractivity contribution is 0.402. The molecule has 0 fully saturated rings. The summed E-state index contributed by atoms with van der Waals surface area (Å²) >= 11 is 0. The van der Waals surface area contributed by atoms with E-state index >= 15 is 0 Å². The van der Waals surface area contributed by atoms with Crippen molar-refractivity contribution in [3.63, 3.8) is 0 Å². The number of hydrogen-bond acceptors (Lipinski definition) is 4. The first-order valence-corrected chi connectivity index (χ1v) is 8.58. The third-order valence-corrected chi connectivity index (χ3v) is 3.86. The monoisotopic (exact) mass is 332 g/mol. The number of nitrogens with zero attached hydrogens (tertiary/aromatic N) is 3. The van der Waals surface area contributed by atoms with Crippen LogP contribution in [0.1, 0.15) is 24.5 Å². The zero-order valence-electron chi connectivity index (χ0n) is 15.0. The van der Waals surface area contributed by atoms with Crippen LogP contribution in [0.5, 0.6) is 0 Å². The van der Waals surface area contributed by atoms with E-state index in [1.165, 1.54) is 11.1 Å². The predicted molar refractivity (Wildman–Crippen MR) is 106 cm³/mol. The van der Waals surface area contributed by atoms with Crippen molar-refractivity contribution >= 4 is 28.6 Å². The van der Waals surface area contributed by atoms with Crippen LogP contribution in [-0.2, 0) is 6.54 Å². The van der Waals surface area contributed by atoms with Crippen LogP contribution < -0.4 is 5.32 Å². The first kappa shape index (κ1) is 17.1. The molecule has 128 valence electrons. The minimum absolute atomic E-state index is 0.615. The van der Waals surface area contributed by atoms with E-state index in [0.717, 1.165) is 29.6 Å². The Labute approximate surface area is 149 Å². The minimum Gasteiger partial charge on any atom is -0.324 e. The van der Waals surface area contributed by atoms with E-state index in [0.29, 0.717) is 5.95 Å². The summed E-state index contributed by atoms with van der Waals surface area (Å²) in [7, 11) is 4.14. The molecule has 0 amide bonds. The topological polar surface area (TPSA) is 41.1 Å². The van der Waals surface area contributed by atoms with Gasteiger partial charge in [-0.3, -0.25) is 0 Å². The maximum atomic E-state index is 4.61. The lowest BCUT2D eigenvalue weighted by Gasteiger charge is -2.10. The van der Waals surface area contributed by atoms with Crippen LogP contribution >= 0.6 is 0 Å². The Bertz CT molecular complexity index is 867. The largest absolute Gasteiger partial charge is 0.324 e. The highest BCUT2D eigenvalue weighted by atomic mass is 15.1. The summed E-state index contributed by atoms with van der Waals surface area (Å²) in [6.45, 7) is 3.06. The number of nitrogens with one attached hydrogen (secondary N) is 1. The minimum atomic E-state index is 0.615. The third-order valence-electron chi connectivity index (χ3n) is 3.86. The predicted octanol–water partition coefficient (Wildman–Crippen LogP) is 4.86. The summed E-state index contributed by atoms with van der Waals surface area (Å²) in [4.78, 5) is 11.2. The van der Waals surface area contributed by atoms with Crippen molar-refractivity contribution in [3.05, 3.63) is 65.9 Å². The fourth-order valence-corrected chi connectivity index (χ4v) is 2.66. The first-order chi connectivity index (χ1) is 12.1. The van der Waals surface area contributed by atoms with Gasteiger partial charge in [0.2, 0.25) is 5.95 Å². The molecule has 0 aliphatic heterocycles. The average molecular weight is 332 g/mol. The lowest BCUT2D eigenvalue weighted by atomic mass is 10.1. The molecule has 4 nitrogen and oxygen atoms in total. The number of aromatic nitrogens is 2. The summed E-state index contributed by atoms with van der Waals surface area (Å²) < 4.78 is 0. The van der Waals surface area contributed by atoms with E-state index in [-0.39, 0.29) is 0 Å². The molecule has 1 heterocycles. The van der Waals surface area contributed by atoms with Gasteiger partial charge in [0.15, 0.2) is 0 Å². The highest BCUT2D eigenvalue weighted by molar-refractivity contribution is 5.81. The van der Waals surface area contributed by atoms with E-state index < -0.39 is 0 Å². The van der Waals surface area contributed by atoms with Gasteiger partial charge in [0.1, 0.15) is 0 Å². The maximum absolute atomic E-state index is 4.61. The van der Waals surface area contributed by atoms with Crippen LogP contribution in [-0.4, -0.2) is 29.0 Å². The molecule has 1 N–H and O–H groups in total. The zero-order chi connectivity index (χ0) is 17.6. The van der Waals surface area contributed by atoms with Crippen LogP contribution in [0.3, 0.4) is 0 Å². The molecule has 0 spiro atoms. The molecule has 0 unspecified atom stereocenters. The molecule has 0 aliphatic rings. The molecule has 25 heavy (non-hydrogen) atoms. The summed E-state index contributed by atoms with van der Waals surface area (Å²) in [6.07, 6.45) is 7.18. The van der Waals surface area contributed by atoms with Crippen molar-refractivity contribution in [3.8, 4) is 0 Å². The molecule has 0 radical (unpaired) electrons. The van der Waals surface area contributed by atoms with Crippen LogP contribution in [0.15, 0.2) is 54.7 Å². The van der Waals surface area contributed by atoms with E-state index in [9.17, 15) is 0 Å². The van der Waals surface area contributed by atoms with Crippen molar-refractivity contribution in [1.29, 1.82) is 0 Å². The summed E-state index contributed by atoms with van der Waals surface area (Å²) in [5.74, 6) is 0.615. The van der Waals surface area contributed by atoms with Gasteiger partial charge in [0.05, 0.1) is 5.52 Å². The van der Waals surface area contributed by atoms with Crippen LogP contribution in [0.2, 0.25) is 0 Å². The highest BCUT2D eigenvalue weighted by Crippen LogP contribution is 2.19. The summed E-state index contributed by atoms with van der Waals surface area (Å²) in [5.41, 5.74) is 4.39. The number of benzene rings is 2. The molecule has 3 rings (SSSR count). The van der Waals surface area contributed by atoms with Gasteiger partial charge in [-0.2, -0.15) is 0 Å². The molecule has 3 aromatic rings. The summed E-state index contributed by atoms with van der Waals surface area (Å²) in [6, 6.07) is 14.6. The van der Waals surface area contributed by atoms with Gasteiger partial charge in [-0.1, -0.05) is 37.3 Å². The normalized spacial score (nSPS) is 11.5. The SMILES string of the molecule is CCC=Cc1ccc2nc(Nc3ccc(CN(C)C)cc3)ncc2c1. The molecule has 0 atom stereocenters. The molecular formula is C21H24N4. The van der Waals surface area contributed by atoms with Crippen LogP contribution in [0.4, 0.5) is 11.6 Å². The number of allylic oxidation sites excluding steroid dienone is 1. The molecule has 2 aromatic carbocycles. The molecule has 0 aliphatic carbocycles. The Kier molecular flexibility index (Phi) is 5.41. The molecule has 0 bridgehead atoms. The van der Waals surface area contributed by atoms with Crippen molar-refractivity contribution in [2.24, 2.45) is 0 Å². The second-order valence-electron chi connectivity index (χ2n) is 6.38. The van der Waals surface area contributed by atoms with Crippen molar-refractivity contribution in [1.82, 2.24) is 14.9 Å². The maximum Gasteiger partial charge on any atom is 0.227 e. The Morgan fingerprint density at radius 3 is 2.60 bits per heavy atom. The number of anilines is 2. The van der Waals surface area contributed by atoms with E-state index in [2.05, 4.69) is 89.8 Å². The number of fused-ring (bicyclic) bond motifs is 1. The Morgan fingerprint density at radius 2 is 1.88 bits per heavy atom. The average Bonchev–Trinajstić information content (AvgIpc) is 2.61.